The number of nitrogens with one attached hydrogen (secondary N) is 1. The fourth-order valence-electron chi connectivity index (χ4n) is 1.30. The molecule has 0 rings (SSSR count). The quantitative estimate of drug-likeness (QED) is 0.211. The summed E-state index contributed by atoms with van der Waals surface area (Å²) in [5, 5.41) is 14.9. The van der Waals surface area contributed by atoms with E-state index in [2.05, 4.69) is 33.0 Å². The molecule has 0 saturated carbocycles. The summed E-state index contributed by atoms with van der Waals surface area (Å²) >= 11 is 3.29. The van der Waals surface area contributed by atoms with E-state index < -0.39 is 0 Å². The lowest BCUT2D eigenvalue weighted by Crippen LogP contribution is -2.32. The van der Waals surface area contributed by atoms with Crippen LogP contribution >= 0.6 is 15.9 Å². The lowest BCUT2D eigenvalue weighted by Gasteiger charge is -2.22. The number of hydrogen-bond donors (Lipinski definition) is 3. The van der Waals surface area contributed by atoms with Gasteiger partial charge in [-0.05, 0) is 19.4 Å². The minimum absolute atomic E-state index is 0.228. The molecule has 0 spiro atoms. The number of nitrogens with two attached hydrogens (primary N) is 1. The van der Waals surface area contributed by atoms with E-state index in [1.807, 2.05) is 13.8 Å². The Balaban J connectivity index is 3.62. The van der Waals surface area contributed by atoms with E-state index >= 15 is 0 Å². The third kappa shape index (κ3) is 6.85. The zero-order valence-electron chi connectivity index (χ0n) is 10.1. The van der Waals surface area contributed by atoms with Crippen LogP contribution in [0, 0.1) is 5.41 Å². The Labute approximate surface area is 106 Å². The maximum atomic E-state index is 8.61. The van der Waals surface area contributed by atoms with Gasteiger partial charge in [-0.25, -0.2) is 0 Å². The molecule has 0 atom stereocenters. The minimum Gasteiger partial charge on any atom is -0.409 e. The van der Waals surface area contributed by atoms with Crippen molar-refractivity contribution in [1.82, 2.24) is 5.32 Å². The number of unbranched alkanes of at least 4 members (excludes halogenated alkanes) is 1. The molecule has 4 nitrogen and oxygen atoms in total. The van der Waals surface area contributed by atoms with Crippen molar-refractivity contribution in [2.24, 2.45) is 16.3 Å². The highest BCUT2D eigenvalue weighted by molar-refractivity contribution is 9.11. The van der Waals surface area contributed by atoms with Crippen molar-refractivity contribution in [3.63, 3.8) is 0 Å². The minimum atomic E-state index is -0.228. The Morgan fingerprint density at radius 3 is 2.62 bits per heavy atom. The molecule has 0 aliphatic carbocycles. The van der Waals surface area contributed by atoms with Gasteiger partial charge in [0.15, 0.2) is 0 Å². The van der Waals surface area contributed by atoms with Gasteiger partial charge >= 0.3 is 0 Å². The number of amidine groups is 1. The van der Waals surface area contributed by atoms with Crippen LogP contribution in [0.2, 0.25) is 0 Å². The molecule has 16 heavy (non-hydrogen) atoms. The van der Waals surface area contributed by atoms with Gasteiger partial charge in [-0.3, -0.25) is 0 Å². The predicted octanol–water partition coefficient (Wildman–Crippen LogP) is 2.43. The van der Waals surface area contributed by atoms with Crippen LogP contribution in [0.15, 0.2) is 16.2 Å². The standard InChI is InChI=1S/C11H22BrN3O/c1-9(12)8-14-7-5-4-6-11(2,3)10(13)15-16/h14,16H,1,4-8H2,2-3H3,(H2,13,15). The van der Waals surface area contributed by atoms with Crippen molar-refractivity contribution in [3.8, 4) is 0 Å². The van der Waals surface area contributed by atoms with E-state index in [9.17, 15) is 0 Å². The van der Waals surface area contributed by atoms with Gasteiger partial charge < -0.3 is 16.3 Å². The summed E-state index contributed by atoms with van der Waals surface area (Å²) in [6, 6.07) is 0. The van der Waals surface area contributed by atoms with Gasteiger partial charge in [0.25, 0.3) is 0 Å². The molecule has 0 fully saturated rings. The average Bonchev–Trinajstić information content (AvgIpc) is 2.21. The molecule has 0 saturated heterocycles. The lowest BCUT2D eigenvalue weighted by atomic mass is 9.86. The second-order valence-corrected chi connectivity index (χ2v) is 5.64. The fourth-order valence-corrected chi connectivity index (χ4v) is 1.50. The van der Waals surface area contributed by atoms with Crippen molar-refractivity contribution < 1.29 is 5.21 Å². The van der Waals surface area contributed by atoms with Gasteiger partial charge in [-0.15, -0.1) is 0 Å². The van der Waals surface area contributed by atoms with Gasteiger partial charge in [-0.1, -0.05) is 47.9 Å². The molecule has 0 radical (unpaired) electrons. The van der Waals surface area contributed by atoms with E-state index in [0.29, 0.717) is 5.84 Å². The third-order valence-electron chi connectivity index (χ3n) is 2.52. The zero-order chi connectivity index (χ0) is 12.6. The molecule has 0 aromatic rings. The predicted molar refractivity (Wildman–Crippen MR) is 72.0 cm³/mol. The van der Waals surface area contributed by atoms with Crippen molar-refractivity contribution >= 4 is 21.8 Å². The Kier molecular flexibility index (Phi) is 7.42. The van der Waals surface area contributed by atoms with E-state index in [-0.39, 0.29) is 5.41 Å². The van der Waals surface area contributed by atoms with Crippen LogP contribution in [0.4, 0.5) is 0 Å². The number of nitrogens with zero attached hydrogens (tertiary/aromatic N) is 1. The molecule has 0 aliphatic rings. The second-order valence-electron chi connectivity index (χ2n) is 4.52. The van der Waals surface area contributed by atoms with Gasteiger partial charge in [0.1, 0.15) is 5.84 Å². The fraction of sp³-hybridized carbons (Fsp3) is 0.727. The van der Waals surface area contributed by atoms with E-state index in [1.165, 1.54) is 0 Å². The van der Waals surface area contributed by atoms with Gasteiger partial charge in [0, 0.05) is 16.4 Å². The van der Waals surface area contributed by atoms with Crippen molar-refractivity contribution in [3.05, 3.63) is 11.1 Å². The molecule has 94 valence electrons. The SMILES string of the molecule is C=C(Br)CNCCCCC(C)(C)C(N)=NO. The Bertz CT molecular complexity index is 252. The highest BCUT2D eigenvalue weighted by Gasteiger charge is 2.22. The van der Waals surface area contributed by atoms with Crippen LogP contribution < -0.4 is 11.1 Å². The summed E-state index contributed by atoms with van der Waals surface area (Å²) < 4.78 is 0.962. The molecular formula is C11H22BrN3O. The van der Waals surface area contributed by atoms with Crippen LogP contribution in [0.3, 0.4) is 0 Å². The van der Waals surface area contributed by atoms with Gasteiger partial charge in [0.05, 0.1) is 0 Å². The summed E-state index contributed by atoms with van der Waals surface area (Å²) in [4.78, 5) is 0. The maximum absolute atomic E-state index is 8.61. The molecule has 0 amide bonds. The van der Waals surface area contributed by atoms with Crippen molar-refractivity contribution in [2.75, 3.05) is 13.1 Å². The van der Waals surface area contributed by atoms with Gasteiger partial charge in [-0.2, -0.15) is 0 Å². The number of halogens is 1. The molecule has 0 aliphatic heterocycles. The van der Waals surface area contributed by atoms with E-state index in [4.69, 9.17) is 10.9 Å². The van der Waals surface area contributed by atoms with E-state index in [1.54, 1.807) is 0 Å². The Morgan fingerprint density at radius 1 is 1.50 bits per heavy atom. The molecular weight excluding hydrogens is 270 g/mol. The smallest absolute Gasteiger partial charge is 0.144 e. The molecule has 0 unspecified atom stereocenters. The normalized spacial score (nSPS) is 12.8. The number of hydrogen-bond acceptors (Lipinski definition) is 3. The van der Waals surface area contributed by atoms with Crippen molar-refractivity contribution in [2.45, 2.75) is 33.1 Å². The van der Waals surface area contributed by atoms with Crippen LogP contribution in [0.1, 0.15) is 33.1 Å². The van der Waals surface area contributed by atoms with Crippen LogP contribution in [-0.2, 0) is 0 Å². The zero-order valence-corrected chi connectivity index (χ0v) is 11.7. The lowest BCUT2D eigenvalue weighted by molar-refractivity contribution is 0.304. The summed E-state index contributed by atoms with van der Waals surface area (Å²) in [7, 11) is 0. The first-order chi connectivity index (χ1) is 7.40. The largest absolute Gasteiger partial charge is 0.409 e. The molecule has 0 aromatic carbocycles. The van der Waals surface area contributed by atoms with Crippen LogP contribution in [-0.4, -0.2) is 24.1 Å². The Morgan fingerprint density at radius 2 is 2.12 bits per heavy atom. The summed E-state index contributed by atoms with van der Waals surface area (Å²) in [5.41, 5.74) is 5.37. The molecule has 0 heterocycles. The molecule has 0 aromatic heterocycles. The second kappa shape index (κ2) is 7.68. The number of rotatable bonds is 8. The summed E-state index contributed by atoms with van der Waals surface area (Å²) in [6.45, 7) is 9.45. The third-order valence-corrected chi connectivity index (χ3v) is 2.80. The number of oxime groups is 1. The first-order valence-corrected chi connectivity index (χ1v) is 6.21. The first-order valence-electron chi connectivity index (χ1n) is 5.42. The summed E-state index contributed by atoms with van der Waals surface area (Å²) in [5.74, 6) is 0.300. The molecule has 4 N–H and O–H groups in total. The topological polar surface area (TPSA) is 70.6 Å². The molecule has 5 heteroatoms. The highest BCUT2D eigenvalue weighted by Crippen LogP contribution is 2.22. The highest BCUT2D eigenvalue weighted by atomic mass is 79.9. The summed E-state index contributed by atoms with van der Waals surface area (Å²) in [6.07, 6.45) is 3.03. The van der Waals surface area contributed by atoms with E-state index in [0.717, 1.165) is 36.8 Å². The maximum Gasteiger partial charge on any atom is 0.144 e. The monoisotopic (exact) mass is 291 g/mol. The van der Waals surface area contributed by atoms with Crippen molar-refractivity contribution in [1.29, 1.82) is 0 Å². The van der Waals surface area contributed by atoms with Crippen LogP contribution in [0.5, 0.6) is 0 Å². The average molecular weight is 292 g/mol. The molecule has 0 bridgehead atoms. The first kappa shape index (κ1) is 15.4. The van der Waals surface area contributed by atoms with Gasteiger partial charge in [0.2, 0.25) is 0 Å². The Hall–Kier alpha value is -0.550. The van der Waals surface area contributed by atoms with Crippen LogP contribution in [0.25, 0.3) is 0 Å².